The molecule has 2 rings (SSSR count). The van der Waals surface area contributed by atoms with E-state index in [0.717, 1.165) is 21.2 Å². The molecule has 0 heterocycles. The molecule has 0 saturated heterocycles. The summed E-state index contributed by atoms with van der Waals surface area (Å²) in [7, 11) is 1.84. The van der Waals surface area contributed by atoms with Crippen LogP contribution in [0.25, 0.3) is 0 Å². The summed E-state index contributed by atoms with van der Waals surface area (Å²) >= 11 is 1.58. The van der Waals surface area contributed by atoms with E-state index in [1.54, 1.807) is 11.8 Å². The van der Waals surface area contributed by atoms with Gasteiger partial charge in [-0.05, 0) is 37.4 Å². The topological polar surface area (TPSA) is 62.6 Å². The van der Waals surface area contributed by atoms with Crippen LogP contribution in [0.15, 0.2) is 59.5 Å². The molecule has 0 aromatic heterocycles. The van der Waals surface area contributed by atoms with Gasteiger partial charge in [0.25, 0.3) is 11.8 Å². The Kier molecular flexibility index (Phi) is 7.03. The maximum absolute atomic E-state index is 12.3. The van der Waals surface area contributed by atoms with E-state index in [-0.39, 0.29) is 24.4 Å². The van der Waals surface area contributed by atoms with Gasteiger partial charge in [-0.2, -0.15) is 0 Å². The number of thioether (sulfide) groups is 1. The van der Waals surface area contributed by atoms with E-state index >= 15 is 0 Å². The van der Waals surface area contributed by atoms with Gasteiger partial charge in [0, 0.05) is 10.6 Å². The molecule has 0 radical (unpaired) electrons. The van der Waals surface area contributed by atoms with Gasteiger partial charge in [0.1, 0.15) is 0 Å². The van der Waals surface area contributed by atoms with Crippen molar-refractivity contribution in [3.8, 4) is 0 Å². The molecule has 1 unspecified atom stereocenters. The Morgan fingerprint density at radius 1 is 1.04 bits per heavy atom. The van der Waals surface area contributed by atoms with Gasteiger partial charge >= 0.3 is 0 Å². The Hall–Kier alpha value is -2.31. The Balaban J connectivity index is 1.90. The molecular weight excluding hydrogens is 334 g/mol. The van der Waals surface area contributed by atoms with Crippen LogP contribution in [0, 0.1) is 0 Å². The first-order valence-corrected chi connectivity index (χ1v) is 9.35. The number of carbonyl (C=O) groups is 2. The number of nitrogens with one attached hydrogen (secondary N) is 3. The van der Waals surface area contributed by atoms with Crippen molar-refractivity contribution in [3.63, 3.8) is 0 Å². The fourth-order valence-corrected chi connectivity index (χ4v) is 2.90. The summed E-state index contributed by atoms with van der Waals surface area (Å²) in [6.45, 7) is 2.03. The van der Waals surface area contributed by atoms with E-state index < -0.39 is 0 Å². The molecule has 6 heteroatoms. The molecule has 5 nitrogen and oxygen atoms in total. The Morgan fingerprint density at radius 3 is 2.36 bits per heavy atom. The highest BCUT2D eigenvalue weighted by Gasteiger charge is 2.24. The minimum absolute atomic E-state index is 0.110. The first-order chi connectivity index (χ1) is 12.0. The molecule has 0 spiro atoms. The van der Waals surface area contributed by atoms with Crippen molar-refractivity contribution in [2.75, 3.05) is 30.5 Å². The van der Waals surface area contributed by atoms with Gasteiger partial charge in [-0.15, -0.1) is 11.8 Å². The molecule has 0 aliphatic rings. The zero-order valence-electron chi connectivity index (χ0n) is 14.7. The van der Waals surface area contributed by atoms with Crippen LogP contribution in [0.2, 0.25) is 0 Å². The van der Waals surface area contributed by atoms with Gasteiger partial charge < -0.3 is 15.5 Å². The second-order valence-corrected chi connectivity index (χ2v) is 6.70. The number of anilines is 2. The van der Waals surface area contributed by atoms with E-state index in [0.29, 0.717) is 0 Å². The fraction of sp³-hybridized carbons (Fsp3) is 0.263. The highest BCUT2D eigenvalue weighted by atomic mass is 32.2. The largest absolute Gasteiger partial charge is 0.321 e. The Labute approximate surface area is 152 Å². The summed E-state index contributed by atoms with van der Waals surface area (Å²) in [6.07, 6.45) is 1.97. The normalized spacial score (nSPS) is 12.9. The molecule has 132 valence electrons. The van der Waals surface area contributed by atoms with Crippen LogP contribution in [-0.2, 0) is 9.59 Å². The number of benzene rings is 2. The standard InChI is InChI=1S/C19H23N3O2S/c1-14(19(24)20-15-9-5-4-6-10-15)22(2)13-18(23)21-16-11-7-8-12-17(16)25-3/h4-12,14H,13H2,1-3H3,(H,20,24)(H,21,23)/p+1/t14-/m1/s1. The molecular formula is C19H24N3O2S+. The van der Waals surface area contributed by atoms with Gasteiger partial charge in [0.2, 0.25) is 0 Å². The minimum atomic E-state index is -0.346. The van der Waals surface area contributed by atoms with E-state index in [1.165, 1.54) is 0 Å². The molecule has 2 atom stereocenters. The number of para-hydroxylation sites is 2. The maximum Gasteiger partial charge on any atom is 0.282 e. The molecule has 2 aromatic carbocycles. The van der Waals surface area contributed by atoms with Crippen LogP contribution < -0.4 is 15.5 Å². The van der Waals surface area contributed by atoms with E-state index in [4.69, 9.17) is 0 Å². The third kappa shape index (κ3) is 5.62. The van der Waals surface area contributed by atoms with Crippen molar-refractivity contribution in [1.82, 2.24) is 0 Å². The minimum Gasteiger partial charge on any atom is -0.321 e. The fourth-order valence-electron chi connectivity index (χ4n) is 2.34. The van der Waals surface area contributed by atoms with Crippen LogP contribution in [0.1, 0.15) is 6.92 Å². The second-order valence-electron chi connectivity index (χ2n) is 5.85. The van der Waals surface area contributed by atoms with Crippen molar-refractivity contribution >= 4 is 35.0 Å². The predicted molar refractivity (Wildman–Crippen MR) is 103 cm³/mol. The highest BCUT2D eigenvalue weighted by Crippen LogP contribution is 2.24. The van der Waals surface area contributed by atoms with Crippen molar-refractivity contribution in [2.24, 2.45) is 0 Å². The summed E-state index contributed by atoms with van der Waals surface area (Å²) in [5.74, 6) is -0.223. The summed E-state index contributed by atoms with van der Waals surface area (Å²) in [4.78, 5) is 26.5. The highest BCUT2D eigenvalue weighted by molar-refractivity contribution is 7.98. The van der Waals surface area contributed by atoms with Crippen LogP contribution in [0.3, 0.4) is 0 Å². The lowest BCUT2D eigenvalue weighted by atomic mass is 10.2. The van der Waals surface area contributed by atoms with E-state index in [9.17, 15) is 9.59 Å². The number of hydrogen-bond donors (Lipinski definition) is 3. The first-order valence-electron chi connectivity index (χ1n) is 8.12. The number of hydrogen-bond acceptors (Lipinski definition) is 3. The molecule has 0 bridgehead atoms. The zero-order chi connectivity index (χ0) is 18.2. The molecule has 0 fully saturated rings. The summed E-state index contributed by atoms with van der Waals surface area (Å²) in [6, 6.07) is 16.6. The number of likely N-dealkylation sites (N-methyl/N-ethyl adjacent to an activating group) is 1. The van der Waals surface area contributed by atoms with Crippen LogP contribution in [0.5, 0.6) is 0 Å². The molecule has 2 amide bonds. The third-order valence-corrected chi connectivity index (χ3v) is 4.79. The van der Waals surface area contributed by atoms with Crippen LogP contribution in [-0.4, -0.2) is 37.7 Å². The number of carbonyl (C=O) groups excluding carboxylic acids is 2. The monoisotopic (exact) mass is 358 g/mol. The SMILES string of the molecule is CSc1ccccc1NC(=O)C[NH+](C)[C@H](C)C(=O)Nc1ccccc1. The van der Waals surface area contributed by atoms with Gasteiger partial charge in [-0.25, -0.2) is 0 Å². The average Bonchev–Trinajstić information content (AvgIpc) is 2.62. The maximum atomic E-state index is 12.3. The molecule has 0 aliphatic heterocycles. The Morgan fingerprint density at radius 2 is 1.68 bits per heavy atom. The molecule has 2 aromatic rings. The van der Waals surface area contributed by atoms with Crippen molar-refractivity contribution in [2.45, 2.75) is 17.9 Å². The van der Waals surface area contributed by atoms with Crippen molar-refractivity contribution < 1.29 is 14.5 Å². The lowest BCUT2D eigenvalue weighted by molar-refractivity contribution is -0.885. The van der Waals surface area contributed by atoms with Gasteiger partial charge in [0.15, 0.2) is 12.6 Å². The number of quaternary nitrogens is 1. The zero-order valence-corrected chi connectivity index (χ0v) is 15.5. The van der Waals surface area contributed by atoms with E-state index in [2.05, 4.69) is 10.6 Å². The quantitative estimate of drug-likeness (QED) is 0.663. The third-order valence-electron chi connectivity index (χ3n) is 3.99. The van der Waals surface area contributed by atoms with E-state index in [1.807, 2.05) is 74.8 Å². The number of rotatable bonds is 7. The average molecular weight is 358 g/mol. The van der Waals surface area contributed by atoms with Crippen LogP contribution in [0.4, 0.5) is 11.4 Å². The number of amides is 2. The molecule has 25 heavy (non-hydrogen) atoms. The molecule has 0 aliphatic carbocycles. The van der Waals surface area contributed by atoms with Gasteiger partial charge in [0.05, 0.1) is 12.7 Å². The van der Waals surface area contributed by atoms with Gasteiger partial charge in [-0.1, -0.05) is 30.3 Å². The van der Waals surface area contributed by atoms with Crippen molar-refractivity contribution in [1.29, 1.82) is 0 Å². The molecule has 0 saturated carbocycles. The predicted octanol–water partition coefficient (Wildman–Crippen LogP) is 1.89. The summed E-state index contributed by atoms with van der Waals surface area (Å²) < 4.78 is 0. The van der Waals surface area contributed by atoms with Crippen molar-refractivity contribution in [3.05, 3.63) is 54.6 Å². The molecule has 3 N–H and O–H groups in total. The second kappa shape index (κ2) is 9.25. The summed E-state index contributed by atoms with van der Waals surface area (Å²) in [5, 5.41) is 5.79. The lowest BCUT2D eigenvalue weighted by Gasteiger charge is -2.21. The summed E-state index contributed by atoms with van der Waals surface area (Å²) in [5.41, 5.74) is 1.56. The van der Waals surface area contributed by atoms with Gasteiger partial charge in [-0.3, -0.25) is 9.59 Å². The van der Waals surface area contributed by atoms with Crippen LogP contribution >= 0.6 is 11.8 Å². The lowest BCUT2D eigenvalue weighted by Crippen LogP contribution is -3.14. The first kappa shape index (κ1) is 19.0. The Bertz CT molecular complexity index is 722. The smallest absolute Gasteiger partial charge is 0.282 e.